The van der Waals surface area contributed by atoms with Crippen LogP contribution >= 0.6 is 11.8 Å². The zero-order valence-corrected chi connectivity index (χ0v) is 16.2. The van der Waals surface area contributed by atoms with E-state index >= 15 is 0 Å². The summed E-state index contributed by atoms with van der Waals surface area (Å²) in [6, 6.07) is 21.0. The van der Waals surface area contributed by atoms with Crippen molar-refractivity contribution in [2.24, 2.45) is 0 Å². The summed E-state index contributed by atoms with van der Waals surface area (Å²) in [6.45, 7) is 0. The highest BCUT2D eigenvalue weighted by Crippen LogP contribution is 2.33. The summed E-state index contributed by atoms with van der Waals surface area (Å²) in [5, 5.41) is 1.63. The number of carbonyl (C=O) groups is 1. The van der Waals surface area contributed by atoms with E-state index in [0.717, 1.165) is 21.9 Å². The van der Waals surface area contributed by atoms with Crippen LogP contribution in [-0.2, 0) is 4.79 Å². The maximum absolute atomic E-state index is 12.9. The first-order valence-corrected chi connectivity index (χ1v) is 9.89. The minimum Gasteiger partial charge on any atom is -0.497 e. The molecular formula is C22H20N2O3S. The Morgan fingerprint density at radius 1 is 1.11 bits per heavy atom. The van der Waals surface area contributed by atoms with Crippen LogP contribution in [-0.4, -0.2) is 23.8 Å². The van der Waals surface area contributed by atoms with E-state index in [2.05, 4.69) is 5.43 Å². The van der Waals surface area contributed by atoms with Gasteiger partial charge in [-0.2, -0.15) is 0 Å². The number of benzene rings is 2. The van der Waals surface area contributed by atoms with E-state index in [1.165, 1.54) is 11.8 Å². The van der Waals surface area contributed by atoms with E-state index in [0.29, 0.717) is 11.5 Å². The van der Waals surface area contributed by atoms with Crippen molar-refractivity contribution in [1.82, 2.24) is 10.4 Å². The summed E-state index contributed by atoms with van der Waals surface area (Å²) in [5.74, 6) is 1.82. The van der Waals surface area contributed by atoms with Crippen molar-refractivity contribution in [1.29, 1.82) is 0 Å². The van der Waals surface area contributed by atoms with Gasteiger partial charge in [-0.15, -0.1) is 11.8 Å². The number of amides is 1. The van der Waals surface area contributed by atoms with Crippen LogP contribution in [0.4, 0.5) is 0 Å². The molecule has 1 N–H and O–H groups in total. The third kappa shape index (κ3) is 3.92. The summed E-state index contributed by atoms with van der Waals surface area (Å²) >= 11 is 1.52. The van der Waals surface area contributed by atoms with Crippen molar-refractivity contribution in [2.75, 3.05) is 12.9 Å². The second-order valence-electron chi connectivity index (χ2n) is 6.25. The lowest BCUT2D eigenvalue weighted by molar-refractivity contribution is -0.131. The summed E-state index contributed by atoms with van der Waals surface area (Å²) in [4.78, 5) is 14.0. The average molecular weight is 392 g/mol. The number of nitrogens with one attached hydrogen (secondary N) is 1. The van der Waals surface area contributed by atoms with Gasteiger partial charge in [-0.3, -0.25) is 10.2 Å². The number of nitrogens with zero attached hydrogens (tertiary/aromatic N) is 1. The number of ether oxygens (including phenoxy) is 1. The number of hydrogen-bond acceptors (Lipinski definition) is 5. The molecule has 0 radical (unpaired) electrons. The zero-order valence-electron chi connectivity index (χ0n) is 15.4. The fourth-order valence-corrected chi connectivity index (χ4v) is 3.80. The van der Waals surface area contributed by atoms with Crippen molar-refractivity contribution >= 4 is 23.4 Å². The standard InChI is InChI=1S/C22H20N2O3S/c1-26-17-11-9-16(10-12-17)19-14-20(21-8-5-13-27-21)24(23-19)22(25)15-28-18-6-3-2-4-7-18/h2-14,20,23H,15H2,1H3/t20-/m1/s1. The lowest BCUT2D eigenvalue weighted by atomic mass is 10.1. The van der Waals surface area contributed by atoms with Gasteiger partial charge in [-0.25, -0.2) is 5.01 Å². The third-order valence-corrected chi connectivity index (χ3v) is 5.45. The Morgan fingerprint density at radius 3 is 2.57 bits per heavy atom. The van der Waals surface area contributed by atoms with Gasteiger partial charge in [-0.1, -0.05) is 18.2 Å². The molecule has 2 heterocycles. The third-order valence-electron chi connectivity index (χ3n) is 4.45. The number of methoxy groups -OCH3 is 1. The van der Waals surface area contributed by atoms with Crippen LogP contribution in [0, 0.1) is 0 Å². The number of rotatable bonds is 6. The molecule has 0 saturated heterocycles. The van der Waals surface area contributed by atoms with Crippen molar-refractivity contribution in [3.05, 3.63) is 90.4 Å². The fraction of sp³-hybridized carbons (Fsp3) is 0.136. The van der Waals surface area contributed by atoms with Crippen LogP contribution in [0.25, 0.3) is 5.70 Å². The first kappa shape index (κ1) is 18.3. The van der Waals surface area contributed by atoms with Crippen LogP contribution in [0.15, 0.2) is 88.4 Å². The van der Waals surface area contributed by atoms with E-state index in [-0.39, 0.29) is 11.9 Å². The quantitative estimate of drug-likeness (QED) is 0.626. The SMILES string of the molecule is COc1ccc(C2=C[C@H](c3ccco3)N(C(=O)CSc3ccccc3)N2)cc1. The second-order valence-corrected chi connectivity index (χ2v) is 7.30. The number of thioether (sulfide) groups is 1. The molecule has 1 aliphatic rings. The number of hydrogen-bond donors (Lipinski definition) is 1. The molecule has 3 aromatic rings. The van der Waals surface area contributed by atoms with Crippen LogP contribution in [0.3, 0.4) is 0 Å². The van der Waals surface area contributed by atoms with Gasteiger partial charge in [0.25, 0.3) is 5.91 Å². The normalized spacial score (nSPS) is 15.8. The molecule has 0 bridgehead atoms. The minimum absolute atomic E-state index is 0.0185. The first-order valence-electron chi connectivity index (χ1n) is 8.91. The maximum Gasteiger partial charge on any atom is 0.252 e. The summed E-state index contributed by atoms with van der Waals surface area (Å²) in [6.07, 6.45) is 3.63. The maximum atomic E-state index is 12.9. The van der Waals surface area contributed by atoms with Crippen LogP contribution < -0.4 is 10.2 Å². The molecule has 1 aliphatic heterocycles. The number of hydrazine groups is 1. The van der Waals surface area contributed by atoms with Crippen molar-refractivity contribution < 1.29 is 13.9 Å². The van der Waals surface area contributed by atoms with E-state index < -0.39 is 0 Å². The van der Waals surface area contributed by atoms with Crippen LogP contribution in [0.5, 0.6) is 5.75 Å². The average Bonchev–Trinajstić information content (AvgIpc) is 3.42. The molecule has 0 spiro atoms. The molecule has 1 aromatic heterocycles. The van der Waals surface area contributed by atoms with Gasteiger partial charge >= 0.3 is 0 Å². The molecule has 1 amide bonds. The lowest BCUT2D eigenvalue weighted by Crippen LogP contribution is -2.40. The Bertz CT molecular complexity index is 953. The predicted molar refractivity (Wildman–Crippen MR) is 110 cm³/mol. The lowest BCUT2D eigenvalue weighted by Gasteiger charge is -2.24. The van der Waals surface area contributed by atoms with Gasteiger partial charge < -0.3 is 9.15 Å². The van der Waals surface area contributed by atoms with Gasteiger partial charge in [0.2, 0.25) is 0 Å². The monoisotopic (exact) mass is 392 g/mol. The molecular weight excluding hydrogens is 372 g/mol. The molecule has 2 aromatic carbocycles. The molecule has 0 fully saturated rings. The zero-order chi connectivity index (χ0) is 19.3. The van der Waals surface area contributed by atoms with Gasteiger partial charge in [0, 0.05) is 4.90 Å². The molecule has 28 heavy (non-hydrogen) atoms. The minimum atomic E-state index is -0.295. The van der Waals surface area contributed by atoms with Crippen LogP contribution in [0.2, 0.25) is 0 Å². The number of furan rings is 1. The van der Waals surface area contributed by atoms with Crippen molar-refractivity contribution in [3.8, 4) is 5.75 Å². The largest absolute Gasteiger partial charge is 0.497 e. The van der Waals surface area contributed by atoms with Crippen molar-refractivity contribution in [2.45, 2.75) is 10.9 Å². The smallest absolute Gasteiger partial charge is 0.252 e. The van der Waals surface area contributed by atoms with Gasteiger partial charge in [0.05, 0.1) is 24.8 Å². The molecule has 0 unspecified atom stereocenters. The predicted octanol–water partition coefficient (Wildman–Crippen LogP) is 4.51. The highest BCUT2D eigenvalue weighted by Gasteiger charge is 2.32. The highest BCUT2D eigenvalue weighted by atomic mass is 32.2. The molecule has 5 nitrogen and oxygen atoms in total. The second kappa shape index (κ2) is 8.27. The van der Waals surface area contributed by atoms with Gasteiger partial charge in [0.1, 0.15) is 17.6 Å². The molecule has 4 rings (SSSR count). The molecule has 1 atom stereocenters. The van der Waals surface area contributed by atoms with Crippen molar-refractivity contribution in [3.63, 3.8) is 0 Å². The Morgan fingerprint density at radius 2 is 1.89 bits per heavy atom. The first-order chi connectivity index (χ1) is 13.7. The van der Waals surface area contributed by atoms with Crippen LogP contribution in [0.1, 0.15) is 17.4 Å². The molecule has 0 saturated carbocycles. The topological polar surface area (TPSA) is 54.7 Å². The summed E-state index contributed by atoms with van der Waals surface area (Å²) in [5.41, 5.74) is 5.09. The number of carbonyl (C=O) groups excluding carboxylic acids is 1. The molecule has 6 heteroatoms. The van der Waals surface area contributed by atoms with Gasteiger partial charge in [0.15, 0.2) is 0 Å². The van der Waals surface area contributed by atoms with E-state index in [4.69, 9.17) is 9.15 Å². The Labute approximate surface area is 168 Å². The van der Waals surface area contributed by atoms with E-state index in [1.54, 1.807) is 18.4 Å². The summed E-state index contributed by atoms with van der Waals surface area (Å²) < 4.78 is 10.8. The Balaban J connectivity index is 1.53. The molecule has 0 aliphatic carbocycles. The fourth-order valence-electron chi connectivity index (χ4n) is 3.02. The van der Waals surface area contributed by atoms with E-state index in [1.807, 2.05) is 72.8 Å². The van der Waals surface area contributed by atoms with E-state index in [9.17, 15) is 4.79 Å². The van der Waals surface area contributed by atoms with Gasteiger partial charge in [-0.05, 0) is 60.2 Å². The highest BCUT2D eigenvalue weighted by molar-refractivity contribution is 8.00. The summed E-state index contributed by atoms with van der Waals surface area (Å²) in [7, 11) is 1.64. The Hall–Kier alpha value is -3.12. The molecule has 142 valence electrons. The Kier molecular flexibility index (Phi) is 5.39.